The summed E-state index contributed by atoms with van der Waals surface area (Å²) in [6.07, 6.45) is 5.08. The van der Waals surface area contributed by atoms with Gasteiger partial charge in [-0.25, -0.2) is 23.8 Å². The van der Waals surface area contributed by atoms with Gasteiger partial charge in [-0.05, 0) is 69.9 Å². The fraction of sp³-hybridized carbons (Fsp3) is 0.583. The third kappa shape index (κ3) is 4.82. The molecule has 0 aromatic carbocycles. The van der Waals surface area contributed by atoms with Crippen LogP contribution < -0.4 is 16.6 Å². The van der Waals surface area contributed by atoms with Crippen molar-refractivity contribution in [2.24, 2.45) is 0 Å². The molecule has 1 saturated heterocycles. The zero-order valence-electron chi connectivity index (χ0n) is 20.4. The Labute approximate surface area is 211 Å². The van der Waals surface area contributed by atoms with Crippen molar-refractivity contribution in [2.75, 3.05) is 11.5 Å². The van der Waals surface area contributed by atoms with Gasteiger partial charge in [-0.2, -0.15) is 16.9 Å². The van der Waals surface area contributed by atoms with Gasteiger partial charge in [0.1, 0.15) is 29.7 Å². The van der Waals surface area contributed by atoms with Gasteiger partial charge < -0.3 is 5.32 Å². The third-order valence-corrected chi connectivity index (χ3v) is 8.21. The SMILES string of the molecule is Cc1nc(C)n(CC(=O)NC2CCC(n3c(=O)c4cc(F)cnc4n(C4CCSCC4)c3=O)CC2)n1. The van der Waals surface area contributed by atoms with Crippen molar-refractivity contribution < 1.29 is 9.18 Å². The Kier molecular flexibility index (Phi) is 6.96. The number of hydrogen-bond donors (Lipinski definition) is 1. The Balaban J connectivity index is 1.37. The first-order valence-corrected chi connectivity index (χ1v) is 13.5. The topological polar surface area (TPSA) is 117 Å². The number of aryl methyl sites for hydroxylation is 2. The lowest BCUT2D eigenvalue weighted by molar-refractivity contribution is -0.122. The summed E-state index contributed by atoms with van der Waals surface area (Å²) < 4.78 is 18.6. The third-order valence-electron chi connectivity index (χ3n) is 7.16. The van der Waals surface area contributed by atoms with E-state index < -0.39 is 11.4 Å². The summed E-state index contributed by atoms with van der Waals surface area (Å²) in [7, 11) is 0. The highest BCUT2D eigenvalue weighted by Crippen LogP contribution is 2.30. The number of thioether (sulfide) groups is 1. The summed E-state index contributed by atoms with van der Waals surface area (Å²) in [5.74, 6) is 2.41. The van der Waals surface area contributed by atoms with Crippen molar-refractivity contribution in [1.29, 1.82) is 0 Å². The Morgan fingerprint density at radius 3 is 2.44 bits per heavy atom. The number of rotatable bonds is 5. The van der Waals surface area contributed by atoms with Crippen molar-refractivity contribution in [1.82, 2.24) is 34.2 Å². The summed E-state index contributed by atoms with van der Waals surface area (Å²) in [5.41, 5.74) is -0.597. The smallest absolute Gasteiger partial charge is 0.333 e. The van der Waals surface area contributed by atoms with Crippen molar-refractivity contribution >= 4 is 28.7 Å². The molecule has 2 fully saturated rings. The van der Waals surface area contributed by atoms with Crippen molar-refractivity contribution in [3.05, 3.63) is 50.6 Å². The quantitative estimate of drug-likeness (QED) is 0.554. The molecule has 3 aromatic heterocycles. The van der Waals surface area contributed by atoms with Gasteiger partial charge in [0.2, 0.25) is 5.91 Å². The minimum Gasteiger partial charge on any atom is -0.352 e. The van der Waals surface area contributed by atoms with Gasteiger partial charge in [-0.1, -0.05) is 0 Å². The van der Waals surface area contributed by atoms with E-state index in [0.717, 1.165) is 30.5 Å². The molecule has 10 nitrogen and oxygen atoms in total. The number of nitrogens with one attached hydrogen (secondary N) is 1. The molecule has 0 atom stereocenters. The van der Waals surface area contributed by atoms with Crippen LogP contribution >= 0.6 is 11.8 Å². The Morgan fingerprint density at radius 1 is 1.08 bits per heavy atom. The highest BCUT2D eigenvalue weighted by atomic mass is 32.2. The number of amides is 1. The van der Waals surface area contributed by atoms with Gasteiger partial charge in [0, 0.05) is 18.1 Å². The van der Waals surface area contributed by atoms with Crippen LogP contribution in [-0.2, 0) is 11.3 Å². The molecule has 192 valence electrons. The van der Waals surface area contributed by atoms with Crippen molar-refractivity contribution in [3.8, 4) is 0 Å². The van der Waals surface area contributed by atoms with Crippen molar-refractivity contribution in [3.63, 3.8) is 0 Å². The summed E-state index contributed by atoms with van der Waals surface area (Å²) in [4.78, 5) is 48.0. The van der Waals surface area contributed by atoms with Crippen LogP contribution in [0.3, 0.4) is 0 Å². The first-order chi connectivity index (χ1) is 17.3. The van der Waals surface area contributed by atoms with Gasteiger partial charge in [-0.3, -0.25) is 18.7 Å². The Hall–Kier alpha value is -3.02. The normalized spacial score (nSPS) is 21.1. The van der Waals surface area contributed by atoms with Gasteiger partial charge >= 0.3 is 5.69 Å². The van der Waals surface area contributed by atoms with E-state index in [9.17, 15) is 18.8 Å². The summed E-state index contributed by atoms with van der Waals surface area (Å²) in [6, 6.07) is 0.765. The predicted octanol–water partition coefficient (Wildman–Crippen LogP) is 2.27. The number of fused-ring (bicyclic) bond motifs is 1. The fourth-order valence-electron chi connectivity index (χ4n) is 5.40. The standard InChI is InChI=1S/C24H30FN7O3S/c1-14-27-15(2)30(29-14)13-21(33)28-17-3-5-18(6-4-17)32-23(34)20-11-16(25)12-26-22(20)31(24(32)35)19-7-9-36-10-8-19/h11-12,17-19H,3-10,13H2,1-2H3,(H,28,33). The lowest BCUT2D eigenvalue weighted by Crippen LogP contribution is -2.46. The van der Waals surface area contributed by atoms with Crippen LogP contribution in [0, 0.1) is 19.7 Å². The molecule has 0 bridgehead atoms. The van der Waals surface area contributed by atoms with E-state index in [4.69, 9.17) is 0 Å². The van der Waals surface area contributed by atoms with Crippen LogP contribution in [0.2, 0.25) is 0 Å². The van der Waals surface area contributed by atoms with Crippen molar-refractivity contribution in [2.45, 2.75) is 77.0 Å². The lowest BCUT2D eigenvalue weighted by Gasteiger charge is -2.31. The molecular weight excluding hydrogens is 485 g/mol. The predicted molar refractivity (Wildman–Crippen MR) is 135 cm³/mol. The largest absolute Gasteiger partial charge is 0.352 e. The van der Waals surface area contributed by atoms with E-state index in [-0.39, 0.29) is 47.3 Å². The number of pyridine rings is 1. The molecule has 1 N–H and O–H groups in total. The summed E-state index contributed by atoms with van der Waals surface area (Å²) in [6.45, 7) is 3.68. The summed E-state index contributed by atoms with van der Waals surface area (Å²) >= 11 is 1.84. The van der Waals surface area contributed by atoms with Crippen LogP contribution in [0.15, 0.2) is 21.9 Å². The highest BCUT2D eigenvalue weighted by Gasteiger charge is 2.29. The van der Waals surface area contributed by atoms with E-state index in [0.29, 0.717) is 37.3 Å². The second-order valence-electron chi connectivity index (χ2n) is 9.63. The fourth-order valence-corrected chi connectivity index (χ4v) is 6.48. The van der Waals surface area contributed by atoms with E-state index in [1.165, 1.54) is 10.6 Å². The Morgan fingerprint density at radius 2 is 1.78 bits per heavy atom. The van der Waals surface area contributed by atoms with E-state index >= 15 is 0 Å². The van der Waals surface area contributed by atoms with Crippen LogP contribution in [0.25, 0.3) is 11.0 Å². The molecule has 1 saturated carbocycles. The number of halogens is 1. The number of aromatic nitrogens is 6. The molecule has 1 aliphatic heterocycles. The maximum atomic E-state index is 14.1. The van der Waals surface area contributed by atoms with Crippen LogP contribution in [0.4, 0.5) is 4.39 Å². The second kappa shape index (κ2) is 10.2. The van der Waals surface area contributed by atoms with Crippen LogP contribution in [-0.4, -0.2) is 52.3 Å². The highest BCUT2D eigenvalue weighted by molar-refractivity contribution is 7.99. The molecule has 3 aromatic rings. The monoisotopic (exact) mass is 515 g/mol. The van der Waals surface area contributed by atoms with E-state index in [1.807, 2.05) is 11.8 Å². The van der Waals surface area contributed by atoms with Gasteiger partial charge in [0.15, 0.2) is 0 Å². The molecule has 0 radical (unpaired) electrons. The maximum Gasteiger partial charge on any atom is 0.333 e. The molecule has 1 amide bonds. The van der Waals surface area contributed by atoms with Crippen LogP contribution in [0.5, 0.6) is 0 Å². The second-order valence-corrected chi connectivity index (χ2v) is 10.9. The Bertz CT molecular complexity index is 1400. The molecule has 4 heterocycles. The average molecular weight is 516 g/mol. The molecule has 5 rings (SSSR count). The molecule has 0 unspecified atom stereocenters. The molecular formula is C24H30FN7O3S. The molecule has 36 heavy (non-hydrogen) atoms. The maximum absolute atomic E-state index is 14.1. The lowest BCUT2D eigenvalue weighted by atomic mass is 9.91. The number of nitrogens with zero attached hydrogens (tertiary/aromatic N) is 6. The molecule has 2 aliphatic rings. The average Bonchev–Trinajstić information content (AvgIpc) is 3.17. The van der Waals surface area contributed by atoms with E-state index in [2.05, 4.69) is 20.4 Å². The molecule has 1 aliphatic carbocycles. The minimum atomic E-state index is -0.597. The number of hydrogen-bond acceptors (Lipinski definition) is 7. The molecule has 12 heteroatoms. The first kappa shape index (κ1) is 24.7. The van der Waals surface area contributed by atoms with Gasteiger partial charge in [-0.15, -0.1) is 0 Å². The van der Waals surface area contributed by atoms with E-state index in [1.54, 1.807) is 23.1 Å². The zero-order valence-corrected chi connectivity index (χ0v) is 21.3. The molecule has 0 spiro atoms. The first-order valence-electron chi connectivity index (χ1n) is 12.4. The van der Waals surface area contributed by atoms with Gasteiger partial charge in [0.25, 0.3) is 5.56 Å². The minimum absolute atomic E-state index is 0.0495. The zero-order chi connectivity index (χ0) is 25.4. The number of carbonyl (C=O) groups is 1. The number of carbonyl (C=O) groups excluding carboxylic acids is 1. The van der Waals surface area contributed by atoms with Crippen LogP contribution in [0.1, 0.15) is 62.3 Å². The van der Waals surface area contributed by atoms with Gasteiger partial charge in [0.05, 0.1) is 11.6 Å². The summed E-state index contributed by atoms with van der Waals surface area (Å²) in [5, 5.41) is 7.41.